The van der Waals surface area contributed by atoms with Crippen LogP contribution in [0, 0.1) is 6.92 Å². The van der Waals surface area contributed by atoms with Crippen LogP contribution in [0.4, 0.5) is 11.4 Å². The Labute approximate surface area is 98.7 Å². The van der Waals surface area contributed by atoms with Crippen LogP contribution in [0.25, 0.3) is 0 Å². The van der Waals surface area contributed by atoms with Crippen LogP contribution in [0.3, 0.4) is 0 Å². The van der Waals surface area contributed by atoms with E-state index in [2.05, 4.69) is 15.3 Å². The molecule has 0 saturated carbocycles. The maximum Gasteiger partial charge on any atom is 0.276 e. The molecule has 0 atom stereocenters. The largest absolute Gasteiger partial charge is 0.397 e. The Kier molecular flexibility index (Phi) is 3.00. The second-order valence-electron chi connectivity index (χ2n) is 3.53. The van der Waals surface area contributed by atoms with Crippen LogP contribution in [-0.4, -0.2) is 15.9 Å². The molecule has 2 aromatic heterocycles. The number of amides is 1. The molecule has 0 radical (unpaired) electrons. The van der Waals surface area contributed by atoms with Gasteiger partial charge in [-0.05, 0) is 31.2 Å². The van der Waals surface area contributed by atoms with Gasteiger partial charge in [-0.2, -0.15) is 0 Å². The minimum atomic E-state index is -0.334. The van der Waals surface area contributed by atoms with Crippen LogP contribution in [-0.2, 0) is 0 Å². The van der Waals surface area contributed by atoms with E-state index in [9.17, 15) is 4.79 Å². The lowest BCUT2D eigenvalue weighted by atomic mass is 10.2. The summed E-state index contributed by atoms with van der Waals surface area (Å²) in [6.07, 6.45) is 3.20. The summed E-state index contributed by atoms with van der Waals surface area (Å²) in [5.74, 6) is -0.334. The van der Waals surface area contributed by atoms with Crippen molar-refractivity contribution in [2.24, 2.45) is 0 Å². The number of pyridine rings is 2. The highest BCUT2D eigenvalue weighted by molar-refractivity contribution is 6.06. The lowest BCUT2D eigenvalue weighted by Gasteiger charge is -2.07. The molecule has 0 aromatic carbocycles. The van der Waals surface area contributed by atoms with Crippen LogP contribution < -0.4 is 11.1 Å². The summed E-state index contributed by atoms with van der Waals surface area (Å²) >= 11 is 0. The highest BCUT2D eigenvalue weighted by atomic mass is 16.1. The van der Waals surface area contributed by atoms with Crippen LogP contribution in [0.5, 0.6) is 0 Å². The number of nitrogens with zero attached hydrogens (tertiary/aromatic N) is 2. The maximum atomic E-state index is 11.9. The van der Waals surface area contributed by atoms with E-state index in [4.69, 9.17) is 5.73 Å². The van der Waals surface area contributed by atoms with Gasteiger partial charge in [0.25, 0.3) is 5.91 Å². The van der Waals surface area contributed by atoms with E-state index < -0.39 is 0 Å². The number of rotatable bonds is 2. The molecule has 0 aliphatic carbocycles. The lowest BCUT2D eigenvalue weighted by Crippen LogP contribution is -2.16. The minimum absolute atomic E-state index is 0.218. The standard InChI is InChI=1S/C12H12N4O/c1-8-10(5-3-6-14-8)16-12(17)11-9(13)4-2-7-15-11/h2-7H,13H2,1H3,(H,16,17). The number of aryl methyl sites for hydroxylation is 1. The Hall–Kier alpha value is -2.43. The third kappa shape index (κ3) is 2.39. The zero-order valence-corrected chi connectivity index (χ0v) is 9.34. The first-order valence-electron chi connectivity index (χ1n) is 5.12. The zero-order chi connectivity index (χ0) is 12.3. The molecule has 17 heavy (non-hydrogen) atoms. The van der Waals surface area contributed by atoms with Crippen LogP contribution in [0.1, 0.15) is 16.2 Å². The molecule has 86 valence electrons. The van der Waals surface area contributed by atoms with Crippen molar-refractivity contribution in [1.29, 1.82) is 0 Å². The molecule has 0 aliphatic rings. The SMILES string of the molecule is Cc1ncccc1NC(=O)c1ncccc1N. The Morgan fingerprint density at radius 3 is 2.65 bits per heavy atom. The van der Waals surface area contributed by atoms with Crippen molar-refractivity contribution in [3.05, 3.63) is 48.0 Å². The van der Waals surface area contributed by atoms with Crippen molar-refractivity contribution in [3.8, 4) is 0 Å². The van der Waals surface area contributed by atoms with Crippen molar-refractivity contribution in [2.75, 3.05) is 11.1 Å². The van der Waals surface area contributed by atoms with E-state index >= 15 is 0 Å². The fourth-order valence-corrected chi connectivity index (χ4v) is 1.41. The molecule has 0 aliphatic heterocycles. The predicted octanol–water partition coefficient (Wildman–Crippen LogP) is 1.62. The number of aromatic nitrogens is 2. The predicted molar refractivity (Wildman–Crippen MR) is 65.6 cm³/mol. The first-order chi connectivity index (χ1) is 8.18. The smallest absolute Gasteiger partial charge is 0.276 e. The molecule has 0 fully saturated rings. The average molecular weight is 228 g/mol. The summed E-state index contributed by atoms with van der Waals surface area (Å²) in [7, 11) is 0. The normalized spacial score (nSPS) is 9.94. The molecule has 1 amide bonds. The average Bonchev–Trinajstić information content (AvgIpc) is 2.32. The Morgan fingerprint density at radius 2 is 1.94 bits per heavy atom. The third-order valence-corrected chi connectivity index (χ3v) is 2.31. The molecular formula is C12H12N4O. The highest BCUT2D eigenvalue weighted by Crippen LogP contribution is 2.14. The molecule has 0 saturated heterocycles. The Bertz CT molecular complexity index is 554. The number of carbonyl (C=O) groups is 1. The van der Waals surface area contributed by atoms with Crippen molar-refractivity contribution in [3.63, 3.8) is 0 Å². The number of carbonyl (C=O) groups excluding carboxylic acids is 1. The van der Waals surface area contributed by atoms with E-state index in [1.165, 1.54) is 6.20 Å². The summed E-state index contributed by atoms with van der Waals surface area (Å²) in [6.45, 7) is 1.82. The van der Waals surface area contributed by atoms with Crippen molar-refractivity contribution in [2.45, 2.75) is 6.92 Å². The van der Waals surface area contributed by atoms with Crippen LogP contribution in [0.2, 0.25) is 0 Å². The number of hydrogen-bond acceptors (Lipinski definition) is 4. The molecule has 2 heterocycles. The topological polar surface area (TPSA) is 80.9 Å². The first-order valence-corrected chi connectivity index (χ1v) is 5.12. The number of nitrogens with two attached hydrogens (primary N) is 1. The highest BCUT2D eigenvalue weighted by Gasteiger charge is 2.11. The van der Waals surface area contributed by atoms with Gasteiger partial charge in [-0.1, -0.05) is 0 Å². The van der Waals surface area contributed by atoms with Gasteiger partial charge in [0.2, 0.25) is 0 Å². The third-order valence-electron chi connectivity index (χ3n) is 2.31. The van der Waals surface area contributed by atoms with Crippen LogP contribution >= 0.6 is 0 Å². The first kappa shape index (κ1) is 11.1. The van der Waals surface area contributed by atoms with Gasteiger partial charge >= 0.3 is 0 Å². The maximum absolute atomic E-state index is 11.9. The summed E-state index contributed by atoms with van der Waals surface area (Å²) in [6, 6.07) is 6.85. The Morgan fingerprint density at radius 1 is 1.24 bits per heavy atom. The van der Waals surface area contributed by atoms with E-state index in [0.717, 1.165) is 5.69 Å². The van der Waals surface area contributed by atoms with E-state index in [1.54, 1.807) is 30.5 Å². The second-order valence-corrected chi connectivity index (χ2v) is 3.53. The minimum Gasteiger partial charge on any atom is -0.397 e. The van der Waals surface area contributed by atoms with E-state index in [-0.39, 0.29) is 11.6 Å². The van der Waals surface area contributed by atoms with Gasteiger partial charge in [-0.15, -0.1) is 0 Å². The molecule has 5 heteroatoms. The van der Waals surface area contributed by atoms with Crippen molar-refractivity contribution < 1.29 is 4.79 Å². The monoisotopic (exact) mass is 228 g/mol. The molecule has 5 nitrogen and oxygen atoms in total. The van der Waals surface area contributed by atoms with E-state index in [0.29, 0.717) is 11.4 Å². The van der Waals surface area contributed by atoms with Gasteiger partial charge < -0.3 is 11.1 Å². The molecule has 3 N–H and O–H groups in total. The molecule has 0 unspecified atom stereocenters. The van der Waals surface area contributed by atoms with Gasteiger partial charge in [0.05, 0.1) is 17.1 Å². The number of anilines is 2. The number of nitrogens with one attached hydrogen (secondary N) is 1. The van der Waals surface area contributed by atoms with Gasteiger partial charge in [0.1, 0.15) is 0 Å². The fourth-order valence-electron chi connectivity index (χ4n) is 1.41. The molecule has 0 bridgehead atoms. The molecule has 2 aromatic rings. The number of nitrogen functional groups attached to an aromatic ring is 1. The van der Waals surface area contributed by atoms with Crippen molar-refractivity contribution in [1.82, 2.24) is 9.97 Å². The zero-order valence-electron chi connectivity index (χ0n) is 9.34. The number of hydrogen-bond donors (Lipinski definition) is 2. The lowest BCUT2D eigenvalue weighted by molar-refractivity contribution is 0.102. The molecule has 0 spiro atoms. The van der Waals surface area contributed by atoms with Gasteiger partial charge in [-0.25, -0.2) is 4.98 Å². The summed E-state index contributed by atoms with van der Waals surface area (Å²) in [4.78, 5) is 19.9. The summed E-state index contributed by atoms with van der Waals surface area (Å²) in [5.41, 5.74) is 7.65. The van der Waals surface area contributed by atoms with Gasteiger partial charge in [0, 0.05) is 12.4 Å². The molecule has 2 rings (SSSR count). The van der Waals surface area contributed by atoms with Gasteiger partial charge in [0.15, 0.2) is 5.69 Å². The molecular weight excluding hydrogens is 216 g/mol. The summed E-state index contributed by atoms with van der Waals surface area (Å²) in [5, 5.41) is 2.72. The van der Waals surface area contributed by atoms with E-state index in [1.807, 2.05) is 6.92 Å². The van der Waals surface area contributed by atoms with Gasteiger partial charge in [-0.3, -0.25) is 9.78 Å². The quantitative estimate of drug-likeness (QED) is 0.818. The Balaban J connectivity index is 2.24. The van der Waals surface area contributed by atoms with Crippen molar-refractivity contribution >= 4 is 17.3 Å². The fraction of sp³-hybridized carbons (Fsp3) is 0.0833. The summed E-state index contributed by atoms with van der Waals surface area (Å²) < 4.78 is 0. The van der Waals surface area contributed by atoms with Crippen LogP contribution in [0.15, 0.2) is 36.7 Å². The second kappa shape index (κ2) is 4.61.